The van der Waals surface area contributed by atoms with Crippen molar-refractivity contribution in [3.05, 3.63) is 0 Å². The Labute approximate surface area is 58.2 Å². The van der Waals surface area contributed by atoms with Gasteiger partial charge in [0.25, 0.3) is 0 Å². The smallest absolute Gasteiger partial charge is 0.289 e. The fourth-order valence-electron chi connectivity index (χ4n) is 0.694. The molecule has 62 valence electrons. The summed E-state index contributed by atoms with van der Waals surface area (Å²) in [6, 6.07) is 0. The highest BCUT2D eigenvalue weighted by Gasteiger charge is 2.31. The van der Waals surface area contributed by atoms with Crippen LogP contribution in [-0.4, -0.2) is 12.5 Å². The Balaban J connectivity index is 3.47. The van der Waals surface area contributed by atoms with Crippen molar-refractivity contribution in [3.8, 4) is 0 Å². The third-order valence-corrected chi connectivity index (χ3v) is 1.03. The zero-order valence-corrected chi connectivity index (χ0v) is 6.03. The number of rotatable bonds is 3. The summed E-state index contributed by atoms with van der Waals surface area (Å²) < 4.78 is 37.9. The van der Waals surface area contributed by atoms with E-state index in [1.807, 2.05) is 6.92 Å². The van der Waals surface area contributed by atoms with Gasteiger partial charge in [-0.05, 0) is 13.3 Å². The summed E-state index contributed by atoms with van der Waals surface area (Å²) >= 11 is 0. The molecule has 0 rings (SSSR count). The van der Waals surface area contributed by atoms with E-state index in [4.69, 9.17) is 0 Å². The topological polar surface area (TPSA) is 9.23 Å². The maximum Gasteiger partial charge on any atom is 0.522 e. The van der Waals surface area contributed by atoms with E-state index in [-0.39, 0.29) is 0 Å². The Morgan fingerprint density at radius 1 is 1.40 bits per heavy atom. The van der Waals surface area contributed by atoms with Gasteiger partial charge in [0.15, 0.2) is 0 Å². The second kappa shape index (κ2) is 3.81. The number of alkyl halides is 3. The van der Waals surface area contributed by atoms with Crippen molar-refractivity contribution >= 4 is 0 Å². The van der Waals surface area contributed by atoms with Crippen molar-refractivity contribution in [2.45, 2.75) is 39.2 Å². The lowest BCUT2D eigenvalue weighted by atomic mass is 10.2. The summed E-state index contributed by atoms with van der Waals surface area (Å²) in [5, 5.41) is 0. The second-order valence-corrected chi connectivity index (χ2v) is 2.16. The van der Waals surface area contributed by atoms with Gasteiger partial charge in [0.2, 0.25) is 0 Å². The molecule has 0 radical (unpaired) electrons. The Kier molecular flexibility index (Phi) is 3.71. The number of hydrogen-bond donors (Lipinski definition) is 0. The van der Waals surface area contributed by atoms with Gasteiger partial charge in [-0.3, -0.25) is 4.74 Å². The van der Waals surface area contributed by atoms with Crippen LogP contribution < -0.4 is 0 Å². The molecular weight excluding hydrogens is 145 g/mol. The molecule has 0 spiro atoms. The van der Waals surface area contributed by atoms with Crippen LogP contribution in [0.1, 0.15) is 26.7 Å². The van der Waals surface area contributed by atoms with Crippen LogP contribution in [0, 0.1) is 0 Å². The Bertz CT molecular complexity index is 89.5. The summed E-state index contributed by atoms with van der Waals surface area (Å²) in [6.45, 7) is 3.23. The summed E-state index contributed by atoms with van der Waals surface area (Å²) in [5.41, 5.74) is 0. The minimum atomic E-state index is -4.48. The first kappa shape index (κ1) is 9.75. The third kappa shape index (κ3) is 5.88. The highest BCUT2D eigenvalue weighted by molar-refractivity contribution is 4.48. The number of ether oxygens (including phenoxy) is 1. The molecule has 0 aliphatic heterocycles. The minimum absolute atomic E-state index is 0.444. The van der Waals surface area contributed by atoms with Crippen molar-refractivity contribution in [1.29, 1.82) is 0 Å². The molecule has 0 saturated heterocycles. The third-order valence-electron chi connectivity index (χ3n) is 1.03. The molecule has 0 amide bonds. The molecule has 0 heterocycles. The largest absolute Gasteiger partial charge is 0.522 e. The minimum Gasteiger partial charge on any atom is -0.289 e. The standard InChI is InChI=1S/C6H11F3O/c1-3-4-5(2)10-6(7,8)9/h5H,3-4H2,1-2H3. The molecule has 0 aromatic heterocycles. The van der Waals surface area contributed by atoms with Crippen LogP contribution in [-0.2, 0) is 4.74 Å². The molecule has 4 heteroatoms. The van der Waals surface area contributed by atoms with Gasteiger partial charge in [-0.25, -0.2) is 0 Å². The predicted molar refractivity (Wildman–Crippen MR) is 31.5 cm³/mol. The molecule has 1 atom stereocenters. The van der Waals surface area contributed by atoms with E-state index in [1.54, 1.807) is 0 Å². The average molecular weight is 156 g/mol. The van der Waals surface area contributed by atoms with E-state index in [0.717, 1.165) is 0 Å². The molecule has 10 heavy (non-hydrogen) atoms. The molecule has 0 bridgehead atoms. The molecule has 0 aliphatic rings. The Morgan fingerprint density at radius 3 is 2.20 bits per heavy atom. The van der Waals surface area contributed by atoms with E-state index in [0.29, 0.717) is 12.8 Å². The van der Waals surface area contributed by atoms with Gasteiger partial charge in [0, 0.05) is 0 Å². The van der Waals surface area contributed by atoms with Crippen molar-refractivity contribution in [2.75, 3.05) is 0 Å². The van der Waals surface area contributed by atoms with Crippen molar-refractivity contribution in [3.63, 3.8) is 0 Å². The van der Waals surface area contributed by atoms with E-state index in [1.165, 1.54) is 6.92 Å². The summed E-state index contributed by atoms with van der Waals surface area (Å²) in [6.07, 6.45) is -4.05. The fourth-order valence-corrected chi connectivity index (χ4v) is 0.694. The summed E-state index contributed by atoms with van der Waals surface area (Å²) in [4.78, 5) is 0. The molecule has 0 saturated carbocycles. The van der Waals surface area contributed by atoms with Crippen LogP contribution in [0.25, 0.3) is 0 Å². The highest BCUT2D eigenvalue weighted by Crippen LogP contribution is 2.20. The fraction of sp³-hybridized carbons (Fsp3) is 1.00. The van der Waals surface area contributed by atoms with Gasteiger partial charge in [-0.1, -0.05) is 13.3 Å². The van der Waals surface area contributed by atoms with Crippen LogP contribution in [0.2, 0.25) is 0 Å². The molecule has 0 fully saturated rings. The van der Waals surface area contributed by atoms with Crippen molar-refractivity contribution in [2.24, 2.45) is 0 Å². The number of hydrogen-bond acceptors (Lipinski definition) is 1. The maximum absolute atomic E-state index is 11.4. The molecule has 1 nitrogen and oxygen atoms in total. The van der Waals surface area contributed by atoms with Gasteiger partial charge < -0.3 is 0 Å². The summed E-state index contributed by atoms with van der Waals surface area (Å²) in [7, 11) is 0. The maximum atomic E-state index is 11.4. The van der Waals surface area contributed by atoms with Gasteiger partial charge in [-0.2, -0.15) is 0 Å². The quantitative estimate of drug-likeness (QED) is 0.610. The van der Waals surface area contributed by atoms with Crippen LogP contribution in [0.5, 0.6) is 0 Å². The first-order valence-corrected chi connectivity index (χ1v) is 3.20. The zero-order chi connectivity index (χ0) is 8.20. The van der Waals surface area contributed by atoms with Crippen molar-refractivity contribution in [1.82, 2.24) is 0 Å². The molecular formula is C6H11F3O. The number of halogens is 3. The van der Waals surface area contributed by atoms with Crippen LogP contribution >= 0.6 is 0 Å². The monoisotopic (exact) mass is 156 g/mol. The molecule has 0 N–H and O–H groups in total. The predicted octanol–water partition coefficient (Wildman–Crippen LogP) is 2.71. The second-order valence-electron chi connectivity index (χ2n) is 2.16. The molecule has 0 aromatic carbocycles. The van der Waals surface area contributed by atoms with Crippen LogP contribution in [0.4, 0.5) is 13.2 Å². The normalized spacial score (nSPS) is 15.3. The summed E-state index contributed by atoms with van der Waals surface area (Å²) in [5.74, 6) is 0. The molecule has 1 unspecified atom stereocenters. The van der Waals surface area contributed by atoms with Crippen LogP contribution in [0.15, 0.2) is 0 Å². The molecule has 0 aromatic rings. The van der Waals surface area contributed by atoms with Gasteiger partial charge >= 0.3 is 6.36 Å². The lowest BCUT2D eigenvalue weighted by molar-refractivity contribution is -0.340. The average Bonchev–Trinajstić information content (AvgIpc) is 1.59. The van der Waals surface area contributed by atoms with E-state index in [2.05, 4.69) is 4.74 Å². The van der Waals surface area contributed by atoms with Crippen LogP contribution in [0.3, 0.4) is 0 Å². The lowest BCUT2D eigenvalue weighted by Crippen LogP contribution is -2.20. The molecule has 0 aliphatic carbocycles. The van der Waals surface area contributed by atoms with E-state index in [9.17, 15) is 13.2 Å². The van der Waals surface area contributed by atoms with Gasteiger partial charge in [0.05, 0.1) is 6.10 Å². The zero-order valence-electron chi connectivity index (χ0n) is 6.03. The highest BCUT2D eigenvalue weighted by atomic mass is 19.4. The first-order chi connectivity index (χ1) is 4.45. The Morgan fingerprint density at radius 2 is 1.90 bits per heavy atom. The Hall–Kier alpha value is -0.250. The lowest BCUT2D eigenvalue weighted by Gasteiger charge is -2.13. The van der Waals surface area contributed by atoms with Crippen molar-refractivity contribution < 1.29 is 17.9 Å². The van der Waals surface area contributed by atoms with E-state index < -0.39 is 12.5 Å². The van der Waals surface area contributed by atoms with Gasteiger partial charge in [0.1, 0.15) is 0 Å². The first-order valence-electron chi connectivity index (χ1n) is 3.20. The van der Waals surface area contributed by atoms with E-state index >= 15 is 0 Å². The van der Waals surface area contributed by atoms with Gasteiger partial charge in [-0.15, -0.1) is 13.2 Å². The SMILES string of the molecule is CCCC(C)OC(F)(F)F.